The molecular weight excluding hydrogens is 626 g/mol. The maximum absolute atomic E-state index is 13.9. The van der Waals surface area contributed by atoms with Crippen molar-refractivity contribution in [1.29, 1.82) is 0 Å². The number of imidazole rings is 1. The van der Waals surface area contributed by atoms with Crippen molar-refractivity contribution < 1.29 is 8.42 Å². The van der Waals surface area contributed by atoms with Gasteiger partial charge >= 0.3 is 0 Å². The number of hydrogen-bond acceptors (Lipinski definition) is 4. The van der Waals surface area contributed by atoms with Crippen LogP contribution in [0.15, 0.2) is 122 Å². The van der Waals surface area contributed by atoms with Gasteiger partial charge in [0.05, 0.1) is 10.6 Å². The van der Waals surface area contributed by atoms with E-state index < -0.39 is 9.84 Å². The van der Waals surface area contributed by atoms with Crippen LogP contribution in [0.5, 0.6) is 0 Å². The molecule has 0 aliphatic rings. The molecule has 0 atom stereocenters. The molecule has 5 nitrogen and oxygen atoms in total. The number of aromatic nitrogens is 2. The second-order valence-corrected chi connectivity index (χ2v) is 12.7. The Morgan fingerprint density at radius 2 is 1.39 bits per heavy atom. The van der Waals surface area contributed by atoms with Crippen LogP contribution in [-0.2, 0) is 9.84 Å². The van der Waals surface area contributed by atoms with E-state index in [1.165, 1.54) is 0 Å². The van der Waals surface area contributed by atoms with Gasteiger partial charge in [-0.25, -0.2) is 13.4 Å². The molecule has 8 heteroatoms. The number of fused-ring (bicyclic) bond motifs is 2. The van der Waals surface area contributed by atoms with E-state index in [1.807, 2.05) is 84.3 Å². The maximum atomic E-state index is 13.9. The van der Waals surface area contributed by atoms with Crippen molar-refractivity contribution in [2.75, 3.05) is 5.32 Å². The zero-order chi connectivity index (χ0) is 26.4. The summed E-state index contributed by atoms with van der Waals surface area (Å²) in [6.07, 6.45) is 1.57. The molecule has 0 bridgehead atoms. The van der Waals surface area contributed by atoms with E-state index in [-0.39, 0.29) is 9.92 Å². The van der Waals surface area contributed by atoms with E-state index in [4.69, 9.17) is 0 Å². The SMILES string of the molecule is Cc1ccc(S(=O)(=O)c2ncn(-c3cccc4cc(Br)ccc34)c2Nc2cccc3cc(Br)ccc23)cc1. The van der Waals surface area contributed by atoms with Crippen molar-refractivity contribution in [3.8, 4) is 5.69 Å². The summed E-state index contributed by atoms with van der Waals surface area (Å²) < 4.78 is 31.5. The minimum absolute atomic E-state index is 0.0374. The highest BCUT2D eigenvalue weighted by molar-refractivity contribution is 9.10. The smallest absolute Gasteiger partial charge is 0.227 e. The van der Waals surface area contributed by atoms with Crippen molar-refractivity contribution in [1.82, 2.24) is 9.55 Å². The van der Waals surface area contributed by atoms with Gasteiger partial charge in [0, 0.05) is 25.4 Å². The molecule has 0 unspecified atom stereocenters. The van der Waals surface area contributed by atoms with E-state index in [1.54, 1.807) is 30.6 Å². The molecule has 1 N–H and O–H groups in total. The number of nitrogens with zero attached hydrogens (tertiary/aromatic N) is 2. The van der Waals surface area contributed by atoms with Gasteiger partial charge in [-0.3, -0.25) is 4.57 Å². The molecule has 1 aromatic heterocycles. The predicted octanol–water partition coefficient (Wildman–Crippen LogP) is 8.59. The highest BCUT2D eigenvalue weighted by Gasteiger charge is 2.28. The minimum atomic E-state index is -3.92. The van der Waals surface area contributed by atoms with Gasteiger partial charge in [0.1, 0.15) is 6.33 Å². The summed E-state index contributed by atoms with van der Waals surface area (Å²) in [5.41, 5.74) is 2.58. The summed E-state index contributed by atoms with van der Waals surface area (Å²) in [5, 5.41) is 7.38. The van der Waals surface area contributed by atoms with Crippen LogP contribution in [0.1, 0.15) is 5.56 Å². The molecule has 6 rings (SSSR count). The molecule has 0 aliphatic carbocycles. The molecular formula is C30H21Br2N3O2S. The average molecular weight is 647 g/mol. The fourth-order valence-corrected chi connectivity index (χ4v) is 6.66. The normalized spacial score (nSPS) is 11.8. The third-order valence-electron chi connectivity index (χ3n) is 6.49. The van der Waals surface area contributed by atoms with Crippen LogP contribution in [-0.4, -0.2) is 18.0 Å². The molecule has 0 radical (unpaired) electrons. The summed E-state index contributed by atoms with van der Waals surface area (Å²) in [5.74, 6) is 0.372. The van der Waals surface area contributed by atoms with Gasteiger partial charge in [-0.05, 0) is 66.2 Å². The molecule has 6 aromatic rings. The van der Waals surface area contributed by atoms with E-state index in [9.17, 15) is 8.42 Å². The highest BCUT2D eigenvalue weighted by atomic mass is 79.9. The summed E-state index contributed by atoms with van der Waals surface area (Å²) in [4.78, 5) is 4.67. The lowest BCUT2D eigenvalue weighted by molar-refractivity contribution is 0.593. The molecule has 0 aliphatic heterocycles. The second kappa shape index (κ2) is 9.69. The summed E-state index contributed by atoms with van der Waals surface area (Å²) in [6, 6.07) is 30.7. The van der Waals surface area contributed by atoms with Crippen LogP contribution >= 0.6 is 31.9 Å². The number of sulfone groups is 1. The monoisotopic (exact) mass is 645 g/mol. The van der Waals surface area contributed by atoms with E-state index in [0.29, 0.717) is 5.82 Å². The quantitative estimate of drug-likeness (QED) is 0.204. The molecule has 5 aromatic carbocycles. The third-order valence-corrected chi connectivity index (χ3v) is 9.18. The largest absolute Gasteiger partial charge is 0.338 e. The molecule has 0 fully saturated rings. The third kappa shape index (κ3) is 4.42. The molecule has 38 heavy (non-hydrogen) atoms. The van der Waals surface area contributed by atoms with Crippen molar-refractivity contribution >= 4 is 74.7 Å². The van der Waals surface area contributed by atoms with Gasteiger partial charge in [0.15, 0.2) is 5.82 Å². The van der Waals surface area contributed by atoms with Gasteiger partial charge in [-0.1, -0.05) is 86.0 Å². The molecule has 188 valence electrons. The number of nitrogens with one attached hydrogen (secondary N) is 1. The molecule has 0 saturated heterocycles. The Labute approximate surface area is 237 Å². The lowest BCUT2D eigenvalue weighted by Crippen LogP contribution is -2.08. The summed E-state index contributed by atoms with van der Waals surface area (Å²) >= 11 is 7.09. The Hall–Kier alpha value is -3.46. The average Bonchev–Trinajstić information content (AvgIpc) is 3.32. The number of anilines is 2. The minimum Gasteiger partial charge on any atom is -0.338 e. The van der Waals surface area contributed by atoms with Crippen LogP contribution in [0, 0.1) is 6.92 Å². The fourth-order valence-electron chi connectivity index (χ4n) is 4.59. The Balaban J connectivity index is 1.60. The number of halogens is 2. The van der Waals surface area contributed by atoms with E-state index in [2.05, 4.69) is 42.2 Å². The summed E-state index contributed by atoms with van der Waals surface area (Å²) in [7, 11) is -3.92. The van der Waals surface area contributed by atoms with Gasteiger partial charge in [-0.15, -0.1) is 0 Å². The Morgan fingerprint density at radius 1 is 0.763 bits per heavy atom. The number of benzene rings is 5. The predicted molar refractivity (Wildman–Crippen MR) is 160 cm³/mol. The maximum Gasteiger partial charge on any atom is 0.227 e. The van der Waals surface area contributed by atoms with Crippen molar-refractivity contribution in [2.24, 2.45) is 0 Å². The Bertz CT molecular complexity index is 1950. The van der Waals surface area contributed by atoms with Crippen molar-refractivity contribution in [3.63, 3.8) is 0 Å². The Kier molecular flexibility index (Phi) is 6.34. The molecule has 0 amide bonds. The van der Waals surface area contributed by atoms with Crippen LogP contribution in [0.4, 0.5) is 11.5 Å². The first-order chi connectivity index (χ1) is 18.3. The molecule has 1 heterocycles. The van der Waals surface area contributed by atoms with Crippen LogP contribution in [0.25, 0.3) is 27.2 Å². The van der Waals surface area contributed by atoms with Gasteiger partial charge < -0.3 is 5.32 Å². The highest BCUT2D eigenvalue weighted by Crippen LogP contribution is 2.36. The first-order valence-electron chi connectivity index (χ1n) is 11.8. The zero-order valence-electron chi connectivity index (χ0n) is 20.2. The first-order valence-corrected chi connectivity index (χ1v) is 14.9. The molecule has 0 saturated carbocycles. The number of rotatable bonds is 5. The second-order valence-electron chi connectivity index (χ2n) is 9.02. The number of aryl methyl sites for hydroxylation is 1. The van der Waals surface area contributed by atoms with Gasteiger partial charge in [0.2, 0.25) is 14.9 Å². The molecule has 0 spiro atoms. The van der Waals surface area contributed by atoms with E-state index >= 15 is 0 Å². The van der Waals surface area contributed by atoms with Crippen molar-refractivity contribution in [2.45, 2.75) is 16.8 Å². The summed E-state index contributed by atoms with van der Waals surface area (Å²) in [6.45, 7) is 1.93. The van der Waals surface area contributed by atoms with Crippen LogP contribution < -0.4 is 5.32 Å². The van der Waals surface area contributed by atoms with Crippen LogP contribution in [0.3, 0.4) is 0 Å². The van der Waals surface area contributed by atoms with Gasteiger partial charge in [-0.2, -0.15) is 0 Å². The van der Waals surface area contributed by atoms with Gasteiger partial charge in [0.25, 0.3) is 0 Å². The van der Waals surface area contributed by atoms with Crippen molar-refractivity contribution in [3.05, 3.63) is 118 Å². The topological polar surface area (TPSA) is 64.0 Å². The lowest BCUT2D eigenvalue weighted by Gasteiger charge is -2.16. The zero-order valence-corrected chi connectivity index (χ0v) is 24.2. The standard InChI is InChI=1S/C30H21Br2N3O2S/c1-19-8-12-24(13-9-19)38(36,37)30-29(34-27-6-2-4-20-16-22(31)10-14-25(20)27)35(18-33-30)28-7-3-5-21-17-23(32)11-15-26(21)28/h2-18,34H,1H3. The van der Waals surface area contributed by atoms with Crippen LogP contribution in [0.2, 0.25) is 0 Å². The van der Waals surface area contributed by atoms with E-state index in [0.717, 1.165) is 47.4 Å². The first kappa shape index (κ1) is 24.9. The Morgan fingerprint density at radius 3 is 2.11 bits per heavy atom. The fraction of sp³-hybridized carbons (Fsp3) is 0.0333. The lowest BCUT2D eigenvalue weighted by atomic mass is 10.1. The number of hydrogen-bond donors (Lipinski definition) is 1.